The number of para-hydroxylation sites is 1. The van der Waals surface area contributed by atoms with Crippen LogP contribution in [-0.4, -0.2) is 26.5 Å². The van der Waals surface area contributed by atoms with Gasteiger partial charge in [-0.05, 0) is 25.0 Å². The molecule has 0 heterocycles. The van der Waals surface area contributed by atoms with Gasteiger partial charge in [0, 0.05) is 18.0 Å². The third kappa shape index (κ3) is 5.16. The second-order valence-corrected chi connectivity index (χ2v) is 6.10. The predicted octanol–water partition coefficient (Wildman–Crippen LogP) is 2.31. The molecule has 0 aliphatic heterocycles. The highest BCUT2D eigenvalue weighted by molar-refractivity contribution is 7.91. The van der Waals surface area contributed by atoms with Crippen molar-refractivity contribution >= 4 is 15.5 Å². The third-order valence-corrected chi connectivity index (χ3v) is 4.19. The Balaban J connectivity index is 2.22. The smallest absolute Gasteiger partial charge is 0.150 e. The van der Waals surface area contributed by atoms with E-state index in [9.17, 15) is 8.42 Å². The standard InChI is InChI=1S/C12H19NO2S/c1-2-10-16(14,15)11-6-9-13-12-7-4-3-5-8-12/h3-5,7-8,13H,2,6,9-11H2,1H3. The lowest BCUT2D eigenvalue weighted by atomic mass is 10.3. The summed E-state index contributed by atoms with van der Waals surface area (Å²) in [5.41, 5.74) is 1.04. The van der Waals surface area contributed by atoms with Gasteiger partial charge in [-0.1, -0.05) is 25.1 Å². The fraction of sp³-hybridized carbons (Fsp3) is 0.500. The van der Waals surface area contributed by atoms with Crippen molar-refractivity contribution in [1.29, 1.82) is 0 Å². The molecule has 1 rings (SSSR count). The largest absolute Gasteiger partial charge is 0.385 e. The Bertz CT molecular complexity index is 387. The van der Waals surface area contributed by atoms with Gasteiger partial charge < -0.3 is 5.32 Å². The maximum absolute atomic E-state index is 11.4. The van der Waals surface area contributed by atoms with Crippen molar-refractivity contribution in [3.8, 4) is 0 Å². The lowest BCUT2D eigenvalue weighted by Crippen LogP contribution is -2.14. The summed E-state index contributed by atoms with van der Waals surface area (Å²) in [6.07, 6.45) is 1.37. The van der Waals surface area contributed by atoms with Gasteiger partial charge in [0.2, 0.25) is 0 Å². The van der Waals surface area contributed by atoms with Crippen LogP contribution in [-0.2, 0) is 9.84 Å². The van der Waals surface area contributed by atoms with Gasteiger partial charge in [-0.3, -0.25) is 0 Å². The van der Waals surface area contributed by atoms with Crippen LogP contribution in [0.4, 0.5) is 5.69 Å². The first-order chi connectivity index (χ1) is 7.64. The number of nitrogens with one attached hydrogen (secondary N) is 1. The van der Waals surface area contributed by atoms with Crippen molar-refractivity contribution in [1.82, 2.24) is 0 Å². The van der Waals surface area contributed by atoms with E-state index in [0.29, 0.717) is 25.1 Å². The van der Waals surface area contributed by atoms with Crippen LogP contribution in [0, 0.1) is 0 Å². The van der Waals surface area contributed by atoms with Gasteiger partial charge in [0.25, 0.3) is 0 Å². The summed E-state index contributed by atoms with van der Waals surface area (Å²) in [4.78, 5) is 0. The Kier molecular flexibility index (Phi) is 5.32. The molecule has 0 fully saturated rings. The lowest BCUT2D eigenvalue weighted by Gasteiger charge is -2.06. The van der Waals surface area contributed by atoms with E-state index in [1.807, 2.05) is 37.3 Å². The highest BCUT2D eigenvalue weighted by Crippen LogP contribution is 2.05. The van der Waals surface area contributed by atoms with Crippen molar-refractivity contribution < 1.29 is 8.42 Å². The molecule has 4 heteroatoms. The second kappa shape index (κ2) is 6.53. The molecule has 0 radical (unpaired) electrons. The minimum absolute atomic E-state index is 0.278. The molecule has 0 aliphatic carbocycles. The van der Waals surface area contributed by atoms with Gasteiger partial charge in [-0.2, -0.15) is 0 Å². The average Bonchev–Trinajstić information content (AvgIpc) is 2.26. The summed E-state index contributed by atoms with van der Waals surface area (Å²) >= 11 is 0. The molecule has 0 saturated carbocycles. The molecular weight excluding hydrogens is 222 g/mol. The molecular formula is C12H19NO2S. The maximum Gasteiger partial charge on any atom is 0.150 e. The monoisotopic (exact) mass is 241 g/mol. The molecule has 0 amide bonds. The minimum atomic E-state index is -2.83. The zero-order valence-corrected chi connectivity index (χ0v) is 10.5. The fourth-order valence-electron chi connectivity index (χ4n) is 1.49. The van der Waals surface area contributed by atoms with Gasteiger partial charge in [-0.25, -0.2) is 8.42 Å². The van der Waals surface area contributed by atoms with Gasteiger partial charge in [0.05, 0.1) is 5.75 Å². The Labute approximate surface area is 97.8 Å². The molecule has 0 spiro atoms. The number of hydrogen-bond donors (Lipinski definition) is 1. The quantitative estimate of drug-likeness (QED) is 0.745. The molecule has 0 atom stereocenters. The molecule has 1 aromatic rings. The Morgan fingerprint density at radius 2 is 1.81 bits per heavy atom. The maximum atomic E-state index is 11.4. The van der Waals surface area contributed by atoms with Gasteiger partial charge >= 0.3 is 0 Å². The van der Waals surface area contributed by atoms with Crippen LogP contribution >= 0.6 is 0 Å². The van der Waals surface area contributed by atoms with E-state index in [1.54, 1.807) is 0 Å². The number of rotatable bonds is 7. The highest BCUT2D eigenvalue weighted by Gasteiger charge is 2.07. The van der Waals surface area contributed by atoms with Crippen LogP contribution in [0.15, 0.2) is 30.3 Å². The summed E-state index contributed by atoms with van der Waals surface area (Å²) < 4.78 is 22.8. The highest BCUT2D eigenvalue weighted by atomic mass is 32.2. The van der Waals surface area contributed by atoms with E-state index in [2.05, 4.69) is 5.32 Å². The first-order valence-corrected chi connectivity index (χ1v) is 7.45. The van der Waals surface area contributed by atoms with Gasteiger partial charge in [0.1, 0.15) is 9.84 Å². The number of hydrogen-bond acceptors (Lipinski definition) is 3. The van der Waals surface area contributed by atoms with Crippen LogP contribution < -0.4 is 5.32 Å². The SMILES string of the molecule is CCCS(=O)(=O)CCCNc1ccccc1. The number of anilines is 1. The average molecular weight is 241 g/mol. The molecule has 1 aromatic carbocycles. The van der Waals surface area contributed by atoms with Crippen LogP contribution in [0.2, 0.25) is 0 Å². The lowest BCUT2D eigenvalue weighted by molar-refractivity contribution is 0.592. The molecule has 0 aliphatic rings. The van der Waals surface area contributed by atoms with E-state index in [-0.39, 0.29) is 5.75 Å². The first kappa shape index (κ1) is 13.0. The van der Waals surface area contributed by atoms with E-state index in [0.717, 1.165) is 5.69 Å². The zero-order chi connectivity index (χ0) is 11.9. The van der Waals surface area contributed by atoms with E-state index < -0.39 is 9.84 Å². The molecule has 90 valence electrons. The molecule has 3 nitrogen and oxygen atoms in total. The summed E-state index contributed by atoms with van der Waals surface area (Å²) in [5.74, 6) is 0.582. The van der Waals surface area contributed by atoms with Crippen molar-refractivity contribution in [3.63, 3.8) is 0 Å². The molecule has 0 bridgehead atoms. The van der Waals surface area contributed by atoms with Crippen molar-refractivity contribution in [2.45, 2.75) is 19.8 Å². The molecule has 16 heavy (non-hydrogen) atoms. The van der Waals surface area contributed by atoms with Crippen LogP contribution in [0.25, 0.3) is 0 Å². The third-order valence-electron chi connectivity index (χ3n) is 2.25. The van der Waals surface area contributed by atoms with Crippen LogP contribution in [0.1, 0.15) is 19.8 Å². The van der Waals surface area contributed by atoms with Crippen molar-refractivity contribution in [2.75, 3.05) is 23.4 Å². The summed E-state index contributed by atoms with van der Waals surface area (Å²) in [5, 5.41) is 3.19. The first-order valence-electron chi connectivity index (χ1n) is 5.63. The van der Waals surface area contributed by atoms with E-state index in [1.165, 1.54) is 0 Å². The van der Waals surface area contributed by atoms with E-state index in [4.69, 9.17) is 0 Å². The van der Waals surface area contributed by atoms with Crippen LogP contribution in [0.5, 0.6) is 0 Å². The Hall–Kier alpha value is -1.03. The molecule has 0 saturated heterocycles. The number of benzene rings is 1. The predicted molar refractivity (Wildman–Crippen MR) is 68.5 cm³/mol. The molecule has 0 aromatic heterocycles. The summed E-state index contributed by atoms with van der Waals surface area (Å²) in [7, 11) is -2.83. The van der Waals surface area contributed by atoms with Crippen molar-refractivity contribution in [2.24, 2.45) is 0 Å². The second-order valence-electron chi connectivity index (χ2n) is 3.80. The Morgan fingerprint density at radius 3 is 2.44 bits per heavy atom. The summed E-state index contributed by atoms with van der Waals surface area (Å²) in [6, 6.07) is 9.81. The topological polar surface area (TPSA) is 46.2 Å². The number of sulfone groups is 1. The normalized spacial score (nSPS) is 11.3. The molecule has 0 unspecified atom stereocenters. The summed E-state index contributed by atoms with van der Waals surface area (Å²) in [6.45, 7) is 2.59. The zero-order valence-electron chi connectivity index (χ0n) is 9.65. The minimum Gasteiger partial charge on any atom is -0.385 e. The molecule has 1 N–H and O–H groups in total. The fourth-order valence-corrected chi connectivity index (χ4v) is 2.90. The van der Waals surface area contributed by atoms with Crippen LogP contribution in [0.3, 0.4) is 0 Å². The van der Waals surface area contributed by atoms with Crippen molar-refractivity contribution in [3.05, 3.63) is 30.3 Å². The Morgan fingerprint density at radius 1 is 1.12 bits per heavy atom. The van der Waals surface area contributed by atoms with Gasteiger partial charge in [0.15, 0.2) is 0 Å². The van der Waals surface area contributed by atoms with E-state index >= 15 is 0 Å². The van der Waals surface area contributed by atoms with Gasteiger partial charge in [-0.15, -0.1) is 0 Å².